The van der Waals surface area contributed by atoms with Gasteiger partial charge in [-0.25, -0.2) is 4.99 Å². The van der Waals surface area contributed by atoms with Crippen LogP contribution in [0.1, 0.15) is 19.4 Å². The Morgan fingerprint density at radius 2 is 1.88 bits per heavy atom. The number of piperazine rings is 1. The van der Waals surface area contributed by atoms with Gasteiger partial charge >= 0.3 is 0 Å². The van der Waals surface area contributed by atoms with E-state index in [-0.39, 0.29) is 42.5 Å². The molecule has 2 rings (SSSR count). The molecule has 1 heterocycles. The number of hydrogen-bond donors (Lipinski definition) is 1. The van der Waals surface area contributed by atoms with Gasteiger partial charge in [0.25, 0.3) is 0 Å². The molecule has 7 heteroatoms. The molecular formula is C19H32IN5O. The minimum absolute atomic E-state index is 0. The number of carbonyl (C=O) groups is 1. The Kier molecular flexibility index (Phi) is 9.18. The number of nitrogens with zero attached hydrogens (tertiary/aromatic N) is 4. The third-order valence-corrected chi connectivity index (χ3v) is 4.23. The van der Waals surface area contributed by atoms with E-state index in [0.29, 0.717) is 0 Å². The molecule has 1 aromatic rings. The molecule has 0 aromatic heterocycles. The Bertz CT molecular complexity index is 610. The average molecular weight is 473 g/mol. The van der Waals surface area contributed by atoms with E-state index in [1.807, 2.05) is 0 Å². The fraction of sp³-hybridized carbons (Fsp3) is 0.579. The van der Waals surface area contributed by atoms with Crippen LogP contribution in [-0.2, 0) is 4.79 Å². The third kappa shape index (κ3) is 6.66. The van der Waals surface area contributed by atoms with E-state index >= 15 is 0 Å². The van der Waals surface area contributed by atoms with Gasteiger partial charge in [-0.05, 0) is 38.5 Å². The number of aliphatic imine (C=N–C) groups is 1. The largest absolute Gasteiger partial charge is 0.368 e. The van der Waals surface area contributed by atoms with Crippen molar-refractivity contribution in [1.82, 2.24) is 15.1 Å². The molecule has 1 fully saturated rings. The van der Waals surface area contributed by atoms with Crippen molar-refractivity contribution in [3.8, 4) is 0 Å². The maximum atomic E-state index is 11.8. The summed E-state index contributed by atoms with van der Waals surface area (Å²) in [7, 11) is 3.52. The van der Waals surface area contributed by atoms with E-state index in [1.165, 1.54) is 11.3 Å². The second kappa shape index (κ2) is 10.6. The molecular weight excluding hydrogens is 441 g/mol. The first-order valence-corrected chi connectivity index (χ1v) is 8.94. The molecule has 146 valence electrons. The fourth-order valence-electron chi connectivity index (χ4n) is 2.78. The number of hydrogen-bond acceptors (Lipinski definition) is 3. The van der Waals surface area contributed by atoms with Gasteiger partial charge in [0, 0.05) is 52.0 Å². The topological polar surface area (TPSA) is 51.2 Å². The second-order valence-electron chi connectivity index (χ2n) is 7.04. The van der Waals surface area contributed by atoms with Gasteiger partial charge in [0.2, 0.25) is 5.91 Å². The summed E-state index contributed by atoms with van der Waals surface area (Å²) in [6.07, 6.45) is 0. The fourth-order valence-corrected chi connectivity index (χ4v) is 2.78. The van der Waals surface area contributed by atoms with Gasteiger partial charge in [0.15, 0.2) is 5.96 Å². The predicted octanol–water partition coefficient (Wildman–Crippen LogP) is 2.18. The predicted molar refractivity (Wildman–Crippen MR) is 120 cm³/mol. The number of amides is 1. The Balaban J connectivity index is 0.00000338. The third-order valence-electron chi connectivity index (χ3n) is 4.23. The first-order valence-electron chi connectivity index (χ1n) is 8.94. The van der Waals surface area contributed by atoms with Crippen molar-refractivity contribution in [2.24, 2.45) is 4.99 Å². The number of aryl methyl sites for hydroxylation is 1. The van der Waals surface area contributed by atoms with Gasteiger partial charge in [-0.15, -0.1) is 24.0 Å². The van der Waals surface area contributed by atoms with Crippen molar-refractivity contribution >= 4 is 41.5 Å². The minimum atomic E-state index is 0. The molecule has 0 aliphatic carbocycles. The van der Waals surface area contributed by atoms with E-state index in [1.54, 1.807) is 19.0 Å². The first-order chi connectivity index (χ1) is 11.9. The molecule has 0 spiro atoms. The molecule has 1 aliphatic rings. The first kappa shape index (κ1) is 22.5. The van der Waals surface area contributed by atoms with Crippen LogP contribution in [0.2, 0.25) is 0 Å². The van der Waals surface area contributed by atoms with Gasteiger partial charge in [0.05, 0.1) is 0 Å². The maximum Gasteiger partial charge on any atom is 0.243 e. The standard InChI is InChI=1S/C19H31N5O.HI/c1-15(2)21-19(20-14-18(25)22(4)5)24-11-9-23(10-12-24)17-8-6-7-16(3)13-17;/h6-8,13,15H,9-12,14H2,1-5H3,(H,20,21);1H. The highest BCUT2D eigenvalue weighted by molar-refractivity contribution is 14.0. The van der Waals surface area contributed by atoms with Gasteiger partial charge in [-0.1, -0.05) is 12.1 Å². The number of rotatable bonds is 4. The Labute approximate surface area is 174 Å². The number of carbonyl (C=O) groups excluding carboxylic acids is 1. The summed E-state index contributed by atoms with van der Waals surface area (Å²) < 4.78 is 0. The van der Waals surface area contributed by atoms with E-state index in [0.717, 1.165) is 32.1 Å². The van der Waals surface area contributed by atoms with E-state index < -0.39 is 0 Å². The lowest BCUT2D eigenvalue weighted by Gasteiger charge is -2.38. The van der Waals surface area contributed by atoms with Crippen molar-refractivity contribution < 1.29 is 4.79 Å². The van der Waals surface area contributed by atoms with Crippen LogP contribution in [0.25, 0.3) is 0 Å². The summed E-state index contributed by atoms with van der Waals surface area (Å²) >= 11 is 0. The highest BCUT2D eigenvalue weighted by Gasteiger charge is 2.21. The molecule has 1 amide bonds. The smallest absolute Gasteiger partial charge is 0.243 e. The van der Waals surface area contributed by atoms with Crippen molar-refractivity contribution in [2.45, 2.75) is 26.8 Å². The van der Waals surface area contributed by atoms with Crippen LogP contribution in [0.5, 0.6) is 0 Å². The van der Waals surface area contributed by atoms with Crippen LogP contribution < -0.4 is 10.2 Å². The molecule has 1 saturated heterocycles. The molecule has 0 unspecified atom stereocenters. The number of benzene rings is 1. The normalized spacial score (nSPS) is 14.9. The second-order valence-corrected chi connectivity index (χ2v) is 7.04. The van der Waals surface area contributed by atoms with Crippen molar-refractivity contribution in [3.63, 3.8) is 0 Å². The van der Waals surface area contributed by atoms with Crippen LogP contribution in [-0.4, -0.2) is 74.5 Å². The number of guanidine groups is 1. The van der Waals surface area contributed by atoms with Crippen molar-refractivity contribution in [3.05, 3.63) is 29.8 Å². The lowest BCUT2D eigenvalue weighted by Crippen LogP contribution is -2.54. The zero-order valence-electron chi connectivity index (χ0n) is 16.5. The minimum Gasteiger partial charge on any atom is -0.368 e. The summed E-state index contributed by atoms with van der Waals surface area (Å²) in [5.74, 6) is 0.843. The highest BCUT2D eigenvalue weighted by atomic mass is 127. The molecule has 1 aliphatic heterocycles. The molecule has 1 aromatic carbocycles. The van der Waals surface area contributed by atoms with Crippen LogP contribution >= 0.6 is 24.0 Å². The molecule has 0 bridgehead atoms. The van der Waals surface area contributed by atoms with Crippen LogP contribution in [0.4, 0.5) is 5.69 Å². The number of likely N-dealkylation sites (N-methyl/N-ethyl adjacent to an activating group) is 1. The Hall–Kier alpha value is -1.51. The summed E-state index contributed by atoms with van der Waals surface area (Å²) in [5.41, 5.74) is 2.56. The summed E-state index contributed by atoms with van der Waals surface area (Å²) in [6.45, 7) is 10.2. The van der Waals surface area contributed by atoms with Gasteiger partial charge in [-0.3, -0.25) is 4.79 Å². The summed E-state index contributed by atoms with van der Waals surface area (Å²) in [5, 5.41) is 3.39. The van der Waals surface area contributed by atoms with Crippen LogP contribution in [0.15, 0.2) is 29.3 Å². The van der Waals surface area contributed by atoms with Crippen molar-refractivity contribution in [1.29, 1.82) is 0 Å². The highest BCUT2D eigenvalue weighted by Crippen LogP contribution is 2.17. The lowest BCUT2D eigenvalue weighted by atomic mass is 10.2. The zero-order valence-corrected chi connectivity index (χ0v) is 18.9. The number of anilines is 1. The molecule has 0 radical (unpaired) electrons. The zero-order chi connectivity index (χ0) is 18.4. The SMILES string of the molecule is Cc1cccc(N2CCN(C(=NCC(=O)N(C)C)NC(C)C)CC2)c1.I. The van der Waals surface area contributed by atoms with E-state index in [2.05, 4.69) is 65.1 Å². The Morgan fingerprint density at radius 3 is 2.42 bits per heavy atom. The average Bonchev–Trinajstić information content (AvgIpc) is 2.58. The van der Waals surface area contributed by atoms with E-state index in [9.17, 15) is 4.79 Å². The number of halogens is 1. The van der Waals surface area contributed by atoms with E-state index in [4.69, 9.17) is 0 Å². The molecule has 0 saturated carbocycles. The molecule has 26 heavy (non-hydrogen) atoms. The Morgan fingerprint density at radius 1 is 1.23 bits per heavy atom. The van der Waals surface area contributed by atoms with Crippen LogP contribution in [0.3, 0.4) is 0 Å². The van der Waals surface area contributed by atoms with Gasteiger partial charge in [0.1, 0.15) is 6.54 Å². The van der Waals surface area contributed by atoms with Crippen molar-refractivity contribution in [2.75, 3.05) is 51.7 Å². The molecule has 1 N–H and O–H groups in total. The molecule has 0 atom stereocenters. The van der Waals surface area contributed by atoms with Gasteiger partial charge in [-0.2, -0.15) is 0 Å². The maximum absolute atomic E-state index is 11.8. The quantitative estimate of drug-likeness (QED) is 0.414. The summed E-state index contributed by atoms with van der Waals surface area (Å²) in [4.78, 5) is 22.6. The van der Waals surface area contributed by atoms with Gasteiger partial charge < -0.3 is 20.0 Å². The number of nitrogens with one attached hydrogen (secondary N) is 1. The van der Waals surface area contributed by atoms with Crippen LogP contribution in [0, 0.1) is 6.92 Å². The monoisotopic (exact) mass is 473 g/mol. The summed E-state index contributed by atoms with van der Waals surface area (Å²) in [6, 6.07) is 8.91. The molecule has 6 nitrogen and oxygen atoms in total. The lowest BCUT2D eigenvalue weighted by molar-refractivity contribution is -0.127.